The summed E-state index contributed by atoms with van der Waals surface area (Å²) in [5, 5.41) is 11.4. The van der Waals surface area contributed by atoms with Crippen LogP contribution in [0.25, 0.3) is 10.4 Å². The first-order valence-electron chi connectivity index (χ1n) is 13.6. The van der Waals surface area contributed by atoms with Crippen molar-refractivity contribution in [3.8, 4) is 10.4 Å². The highest BCUT2D eigenvalue weighted by molar-refractivity contribution is 7.89. The van der Waals surface area contributed by atoms with E-state index in [4.69, 9.17) is 9.72 Å². The highest BCUT2D eigenvalue weighted by atomic mass is 32.2. The molecule has 1 aromatic carbocycles. The Morgan fingerprint density at radius 1 is 1.15 bits per heavy atom. The van der Waals surface area contributed by atoms with Crippen molar-refractivity contribution in [3.05, 3.63) is 41.3 Å². The second-order valence-corrected chi connectivity index (χ2v) is 14.4. The number of benzene rings is 1. The Hall–Kier alpha value is -2.96. The Bertz CT molecular complexity index is 1450. The van der Waals surface area contributed by atoms with Gasteiger partial charge in [-0.1, -0.05) is 6.07 Å². The molecule has 0 saturated heterocycles. The zero-order valence-electron chi connectivity index (χ0n) is 24.2. The van der Waals surface area contributed by atoms with E-state index in [9.17, 15) is 13.2 Å². The zero-order chi connectivity index (χ0) is 29.2. The molecule has 1 saturated carbocycles. The maximum Gasteiger partial charge on any atom is 0.407 e. The zero-order valence-corrected chi connectivity index (χ0v) is 25.9. The number of alkyl carbamates (subject to hydrolysis) is 1. The van der Waals surface area contributed by atoms with E-state index in [0.717, 1.165) is 46.9 Å². The van der Waals surface area contributed by atoms with Crippen LogP contribution in [0, 0.1) is 6.92 Å². The Balaban J connectivity index is 1.60. The lowest BCUT2D eigenvalue weighted by Gasteiger charge is -2.28. The van der Waals surface area contributed by atoms with E-state index in [1.807, 2.05) is 66.9 Å². The Morgan fingerprint density at radius 3 is 2.45 bits per heavy atom. The Kier molecular flexibility index (Phi) is 8.91. The standard InChI is InChI=1S/C28H40N6O4S2/c1-17(2)38-27(35)32-20-10-8-19(9-11-20)26-30-18(3)25(39-26)23-13-12-21(31-22-15-29-34(7)16-22)14-24(23)40(36,37)33-28(4,5)6/h12-17,19-20,31,33H,8-11H2,1-7H3,(H,32,35)/t19-,20-. The number of thiazole rings is 1. The molecule has 3 N–H and O–H groups in total. The predicted molar refractivity (Wildman–Crippen MR) is 159 cm³/mol. The fraction of sp³-hybridized carbons (Fsp3) is 0.536. The molecule has 218 valence electrons. The molecular formula is C28H40N6O4S2. The Labute approximate surface area is 241 Å². The molecule has 10 nitrogen and oxygen atoms in total. The summed E-state index contributed by atoms with van der Waals surface area (Å²) in [6.45, 7) is 11.1. The number of nitrogens with one attached hydrogen (secondary N) is 3. The fourth-order valence-corrected chi connectivity index (χ4v) is 7.86. The minimum Gasteiger partial charge on any atom is -0.447 e. The molecule has 0 bridgehead atoms. The van der Waals surface area contributed by atoms with Gasteiger partial charge in [-0.05, 0) is 79.4 Å². The topological polar surface area (TPSA) is 127 Å². The molecule has 40 heavy (non-hydrogen) atoms. The maximum atomic E-state index is 13.6. The number of hydrogen-bond acceptors (Lipinski definition) is 8. The number of carbonyl (C=O) groups excluding carboxylic acids is 1. The molecule has 0 spiro atoms. The summed E-state index contributed by atoms with van der Waals surface area (Å²) in [6.07, 6.45) is 6.46. The van der Waals surface area contributed by atoms with Gasteiger partial charge in [-0.25, -0.2) is 22.9 Å². The number of nitrogens with zero attached hydrogens (tertiary/aromatic N) is 3. The van der Waals surface area contributed by atoms with Crippen LogP contribution < -0.4 is 15.4 Å². The van der Waals surface area contributed by atoms with Gasteiger partial charge in [0.15, 0.2) is 0 Å². The maximum absolute atomic E-state index is 13.6. The number of hydrogen-bond donors (Lipinski definition) is 3. The van der Waals surface area contributed by atoms with Gasteiger partial charge in [-0.3, -0.25) is 4.68 Å². The first kappa shape index (κ1) is 30.0. The van der Waals surface area contributed by atoms with Crippen LogP contribution in [-0.4, -0.2) is 47.0 Å². The largest absolute Gasteiger partial charge is 0.447 e. The highest BCUT2D eigenvalue weighted by Gasteiger charge is 2.30. The van der Waals surface area contributed by atoms with E-state index < -0.39 is 15.6 Å². The fourth-order valence-electron chi connectivity index (χ4n) is 4.86. The minimum absolute atomic E-state index is 0.0862. The van der Waals surface area contributed by atoms with Gasteiger partial charge in [-0.15, -0.1) is 11.3 Å². The van der Waals surface area contributed by atoms with Gasteiger partial charge < -0.3 is 15.4 Å². The van der Waals surface area contributed by atoms with E-state index in [2.05, 4.69) is 20.5 Å². The number of amides is 1. The second-order valence-electron chi connectivity index (χ2n) is 11.7. The lowest BCUT2D eigenvalue weighted by Crippen LogP contribution is -2.40. The van der Waals surface area contributed by atoms with Crippen molar-refractivity contribution in [1.29, 1.82) is 0 Å². The van der Waals surface area contributed by atoms with Crippen LogP contribution in [0.1, 0.15) is 76.9 Å². The van der Waals surface area contributed by atoms with Crippen LogP contribution in [0.2, 0.25) is 0 Å². The highest BCUT2D eigenvalue weighted by Crippen LogP contribution is 2.42. The molecule has 1 amide bonds. The average molecular weight is 589 g/mol. The smallest absolute Gasteiger partial charge is 0.407 e. The summed E-state index contributed by atoms with van der Waals surface area (Å²) >= 11 is 1.55. The van der Waals surface area contributed by atoms with E-state index in [-0.39, 0.29) is 29.1 Å². The van der Waals surface area contributed by atoms with Crippen molar-refractivity contribution in [2.24, 2.45) is 7.05 Å². The summed E-state index contributed by atoms with van der Waals surface area (Å²) in [4.78, 5) is 17.9. The summed E-state index contributed by atoms with van der Waals surface area (Å²) in [5.74, 6) is 0.260. The molecular weight excluding hydrogens is 548 g/mol. The van der Waals surface area contributed by atoms with Gasteiger partial charge in [0.2, 0.25) is 10.0 Å². The number of sulfonamides is 1. The van der Waals surface area contributed by atoms with Crippen LogP contribution in [-0.2, 0) is 21.8 Å². The summed E-state index contributed by atoms with van der Waals surface area (Å²) in [5.41, 5.74) is 2.20. The lowest BCUT2D eigenvalue weighted by atomic mass is 9.86. The van der Waals surface area contributed by atoms with E-state index >= 15 is 0 Å². The number of carbonyl (C=O) groups is 1. The second kappa shape index (κ2) is 11.9. The molecule has 0 unspecified atom stereocenters. The predicted octanol–water partition coefficient (Wildman–Crippen LogP) is 5.83. The monoisotopic (exact) mass is 588 g/mol. The SMILES string of the molecule is Cc1nc([C@H]2CC[C@H](NC(=O)OC(C)C)CC2)sc1-c1ccc(Nc2cnn(C)c2)cc1S(=O)(=O)NC(C)(C)C. The van der Waals surface area contributed by atoms with Gasteiger partial charge >= 0.3 is 6.09 Å². The average Bonchev–Trinajstić information content (AvgIpc) is 3.42. The summed E-state index contributed by atoms with van der Waals surface area (Å²) in [6, 6.07) is 5.48. The third kappa shape index (κ3) is 7.61. The van der Waals surface area contributed by atoms with Crippen molar-refractivity contribution < 1.29 is 17.9 Å². The summed E-state index contributed by atoms with van der Waals surface area (Å²) in [7, 11) is -2.03. The molecule has 3 aromatic rings. The van der Waals surface area contributed by atoms with Crippen molar-refractivity contribution in [2.45, 2.75) is 95.7 Å². The van der Waals surface area contributed by atoms with Gasteiger partial charge in [0.05, 0.1) is 38.5 Å². The van der Waals surface area contributed by atoms with Crippen molar-refractivity contribution in [2.75, 3.05) is 5.32 Å². The quantitative estimate of drug-likeness (QED) is 0.302. The molecule has 12 heteroatoms. The lowest BCUT2D eigenvalue weighted by molar-refractivity contribution is 0.109. The number of aromatic nitrogens is 3. The van der Waals surface area contributed by atoms with Gasteiger partial charge in [0.1, 0.15) is 0 Å². The molecule has 0 atom stereocenters. The molecule has 2 aromatic heterocycles. The first-order valence-corrected chi connectivity index (χ1v) is 15.9. The molecule has 1 aliphatic rings. The van der Waals surface area contributed by atoms with Crippen molar-refractivity contribution in [1.82, 2.24) is 24.8 Å². The van der Waals surface area contributed by atoms with E-state index in [1.165, 1.54) is 0 Å². The van der Waals surface area contributed by atoms with Crippen LogP contribution in [0.5, 0.6) is 0 Å². The third-order valence-electron chi connectivity index (χ3n) is 6.50. The molecule has 0 radical (unpaired) electrons. The van der Waals surface area contributed by atoms with E-state index in [0.29, 0.717) is 11.3 Å². The summed E-state index contributed by atoms with van der Waals surface area (Å²) < 4.78 is 37.0. The number of aryl methyl sites for hydroxylation is 2. The molecule has 1 fully saturated rings. The molecule has 2 heterocycles. The van der Waals surface area contributed by atoms with Crippen LogP contribution in [0.3, 0.4) is 0 Å². The first-order chi connectivity index (χ1) is 18.7. The number of rotatable bonds is 8. The number of ether oxygens (including phenoxy) is 1. The third-order valence-corrected chi connectivity index (χ3v) is 9.66. The molecule has 1 aliphatic carbocycles. The Morgan fingerprint density at radius 2 is 1.85 bits per heavy atom. The van der Waals surface area contributed by atoms with Crippen molar-refractivity contribution >= 4 is 38.8 Å². The molecule has 0 aliphatic heterocycles. The van der Waals surface area contributed by atoms with E-state index in [1.54, 1.807) is 28.3 Å². The normalized spacial score (nSPS) is 18.1. The van der Waals surface area contributed by atoms with Gasteiger partial charge in [0, 0.05) is 42.0 Å². The minimum atomic E-state index is -3.85. The van der Waals surface area contributed by atoms with Crippen LogP contribution >= 0.6 is 11.3 Å². The number of anilines is 2. The molecule has 4 rings (SSSR count). The van der Waals surface area contributed by atoms with Gasteiger partial charge in [0.25, 0.3) is 0 Å². The van der Waals surface area contributed by atoms with Crippen LogP contribution in [0.15, 0.2) is 35.5 Å². The van der Waals surface area contributed by atoms with Gasteiger partial charge in [-0.2, -0.15) is 5.10 Å². The van der Waals surface area contributed by atoms with Crippen molar-refractivity contribution in [3.63, 3.8) is 0 Å². The van der Waals surface area contributed by atoms with Crippen LogP contribution in [0.4, 0.5) is 16.2 Å².